The van der Waals surface area contributed by atoms with Crippen molar-refractivity contribution in [1.82, 2.24) is 5.32 Å². The molecule has 0 saturated heterocycles. The molecule has 0 radical (unpaired) electrons. The number of carboxylic acid groups (broad SMARTS) is 1. The summed E-state index contributed by atoms with van der Waals surface area (Å²) in [7, 11) is 0. The molecule has 2 unspecified atom stereocenters. The minimum atomic E-state index is -0.726. The molecular weight excluding hydrogens is 178 g/mol. The Bertz CT molecular complexity index is 213. The van der Waals surface area contributed by atoms with Crippen LogP contribution in [0.15, 0.2) is 0 Å². The highest BCUT2D eigenvalue weighted by Crippen LogP contribution is 2.25. The molecule has 0 aromatic rings. The minimum Gasteiger partial charge on any atom is -0.481 e. The number of hydrogen-bond acceptors (Lipinski definition) is 2. The predicted octanol–water partition coefficient (Wildman–Crippen LogP) is 1.88. The van der Waals surface area contributed by atoms with Gasteiger partial charge in [0.15, 0.2) is 0 Å². The molecule has 1 fully saturated rings. The molecule has 3 heteroatoms. The molecular formula is C11H21NO2. The number of carbonyl (C=O) groups is 1. The summed E-state index contributed by atoms with van der Waals surface area (Å²) in [5, 5.41) is 12.3. The van der Waals surface area contributed by atoms with Gasteiger partial charge in [0.25, 0.3) is 0 Å². The Kier molecular flexibility index (Phi) is 3.53. The Labute approximate surface area is 85.9 Å². The first kappa shape index (κ1) is 11.5. The van der Waals surface area contributed by atoms with Gasteiger partial charge in [0.1, 0.15) is 0 Å². The van der Waals surface area contributed by atoms with Gasteiger partial charge in [-0.15, -0.1) is 0 Å². The van der Waals surface area contributed by atoms with E-state index in [0.717, 1.165) is 0 Å². The second kappa shape index (κ2) is 4.30. The van der Waals surface area contributed by atoms with E-state index >= 15 is 0 Å². The second-order valence-corrected chi connectivity index (χ2v) is 5.08. The van der Waals surface area contributed by atoms with E-state index in [-0.39, 0.29) is 0 Å². The molecule has 0 amide bonds. The van der Waals surface area contributed by atoms with E-state index in [1.54, 1.807) is 13.8 Å². The Balaban J connectivity index is 2.36. The molecule has 14 heavy (non-hydrogen) atoms. The van der Waals surface area contributed by atoms with E-state index in [1.165, 1.54) is 19.3 Å². The quantitative estimate of drug-likeness (QED) is 0.726. The van der Waals surface area contributed by atoms with Crippen molar-refractivity contribution in [3.05, 3.63) is 0 Å². The van der Waals surface area contributed by atoms with Crippen LogP contribution in [0.4, 0.5) is 0 Å². The zero-order valence-electron chi connectivity index (χ0n) is 9.34. The first-order chi connectivity index (χ1) is 6.43. The normalized spacial score (nSPS) is 27.9. The van der Waals surface area contributed by atoms with Gasteiger partial charge < -0.3 is 10.4 Å². The monoisotopic (exact) mass is 199 g/mol. The topological polar surface area (TPSA) is 49.3 Å². The van der Waals surface area contributed by atoms with Gasteiger partial charge >= 0.3 is 5.97 Å². The van der Waals surface area contributed by atoms with Crippen LogP contribution in [0.5, 0.6) is 0 Å². The molecule has 1 rings (SSSR count). The molecule has 2 atom stereocenters. The van der Waals surface area contributed by atoms with Crippen LogP contribution in [-0.4, -0.2) is 23.7 Å². The Hall–Kier alpha value is -0.570. The van der Waals surface area contributed by atoms with Crippen molar-refractivity contribution in [2.75, 3.05) is 6.54 Å². The maximum Gasteiger partial charge on any atom is 0.310 e. The molecule has 0 heterocycles. The maximum absolute atomic E-state index is 10.9. The van der Waals surface area contributed by atoms with Gasteiger partial charge in [-0.3, -0.25) is 4.79 Å². The fourth-order valence-corrected chi connectivity index (χ4v) is 1.91. The molecule has 82 valence electrons. The van der Waals surface area contributed by atoms with Crippen LogP contribution in [0, 0.1) is 11.3 Å². The van der Waals surface area contributed by atoms with Gasteiger partial charge in [-0.2, -0.15) is 0 Å². The summed E-state index contributed by atoms with van der Waals surface area (Å²) in [5.74, 6) is -0.0322. The average Bonchev–Trinajstić information content (AvgIpc) is 2.47. The van der Waals surface area contributed by atoms with Gasteiger partial charge in [-0.05, 0) is 32.6 Å². The van der Waals surface area contributed by atoms with Crippen LogP contribution in [0.2, 0.25) is 0 Å². The first-order valence-corrected chi connectivity index (χ1v) is 5.40. The molecule has 0 spiro atoms. The van der Waals surface area contributed by atoms with Crippen LogP contribution < -0.4 is 5.32 Å². The van der Waals surface area contributed by atoms with Gasteiger partial charge in [-0.1, -0.05) is 13.3 Å². The average molecular weight is 199 g/mol. The summed E-state index contributed by atoms with van der Waals surface area (Å²) in [5.41, 5.74) is -0.650. The number of carboxylic acids is 1. The lowest BCUT2D eigenvalue weighted by Crippen LogP contribution is -2.41. The van der Waals surface area contributed by atoms with Gasteiger partial charge in [-0.25, -0.2) is 0 Å². The highest BCUT2D eigenvalue weighted by atomic mass is 16.4. The zero-order chi connectivity index (χ0) is 10.8. The molecule has 1 saturated carbocycles. The number of hydrogen-bond donors (Lipinski definition) is 2. The lowest BCUT2D eigenvalue weighted by Gasteiger charge is -2.24. The van der Waals surface area contributed by atoms with Gasteiger partial charge in [0.05, 0.1) is 5.41 Å². The molecule has 0 aromatic carbocycles. The van der Waals surface area contributed by atoms with Crippen molar-refractivity contribution in [3.8, 4) is 0 Å². The number of nitrogens with one attached hydrogen (secondary N) is 1. The van der Waals surface area contributed by atoms with Crippen molar-refractivity contribution in [2.45, 2.75) is 46.1 Å². The van der Waals surface area contributed by atoms with E-state index in [4.69, 9.17) is 5.11 Å². The van der Waals surface area contributed by atoms with Crippen molar-refractivity contribution in [3.63, 3.8) is 0 Å². The maximum atomic E-state index is 10.9. The van der Waals surface area contributed by atoms with E-state index in [1.807, 2.05) is 0 Å². The minimum absolute atomic E-state index is 0.522. The van der Waals surface area contributed by atoms with Gasteiger partial charge in [0, 0.05) is 12.6 Å². The zero-order valence-corrected chi connectivity index (χ0v) is 9.34. The van der Waals surface area contributed by atoms with Gasteiger partial charge in [0.2, 0.25) is 0 Å². The SMILES string of the molecule is CC1CCCC1NCC(C)(C)C(=O)O. The summed E-state index contributed by atoms with van der Waals surface area (Å²) in [4.78, 5) is 10.9. The highest BCUT2D eigenvalue weighted by Gasteiger charge is 2.30. The summed E-state index contributed by atoms with van der Waals surface area (Å²) in [6.45, 7) is 6.33. The first-order valence-electron chi connectivity index (χ1n) is 5.40. The number of aliphatic carboxylic acids is 1. The van der Waals surface area contributed by atoms with Crippen molar-refractivity contribution >= 4 is 5.97 Å². The standard InChI is InChI=1S/C11H21NO2/c1-8-5-4-6-9(8)12-7-11(2,3)10(13)14/h8-9,12H,4-7H2,1-3H3,(H,13,14). The summed E-state index contributed by atoms with van der Waals surface area (Å²) < 4.78 is 0. The molecule has 3 nitrogen and oxygen atoms in total. The second-order valence-electron chi connectivity index (χ2n) is 5.08. The van der Waals surface area contributed by atoms with E-state index in [9.17, 15) is 4.79 Å². The molecule has 0 bridgehead atoms. The van der Waals surface area contributed by atoms with E-state index < -0.39 is 11.4 Å². The predicted molar refractivity (Wildman–Crippen MR) is 56.2 cm³/mol. The summed E-state index contributed by atoms with van der Waals surface area (Å²) in [6.07, 6.45) is 3.73. The molecule has 2 N–H and O–H groups in total. The lowest BCUT2D eigenvalue weighted by atomic mass is 9.93. The van der Waals surface area contributed by atoms with Crippen LogP contribution in [0.25, 0.3) is 0 Å². The fourth-order valence-electron chi connectivity index (χ4n) is 1.91. The molecule has 0 aromatic heterocycles. The molecule has 1 aliphatic carbocycles. The fraction of sp³-hybridized carbons (Fsp3) is 0.909. The lowest BCUT2D eigenvalue weighted by molar-refractivity contribution is -0.146. The smallest absolute Gasteiger partial charge is 0.310 e. The van der Waals surface area contributed by atoms with E-state index in [0.29, 0.717) is 18.5 Å². The molecule has 0 aliphatic heterocycles. The summed E-state index contributed by atoms with van der Waals surface area (Å²) >= 11 is 0. The third-order valence-electron chi connectivity index (χ3n) is 3.25. The Morgan fingerprint density at radius 3 is 2.57 bits per heavy atom. The summed E-state index contributed by atoms with van der Waals surface area (Å²) in [6, 6.07) is 0.522. The van der Waals surface area contributed by atoms with Crippen molar-refractivity contribution < 1.29 is 9.90 Å². The van der Waals surface area contributed by atoms with Crippen molar-refractivity contribution in [1.29, 1.82) is 0 Å². The molecule has 1 aliphatic rings. The van der Waals surface area contributed by atoms with Crippen molar-refractivity contribution in [2.24, 2.45) is 11.3 Å². The Morgan fingerprint density at radius 1 is 1.50 bits per heavy atom. The third kappa shape index (κ3) is 2.71. The van der Waals surface area contributed by atoms with Crippen LogP contribution >= 0.6 is 0 Å². The third-order valence-corrected chi connectivity index (χ3v) is 3.25. The van der Waals surface area contributed by atoms with E-state index in [2.05, 4.69) is 12.2 Å². The van der Waals surface area contributed by atoms with Crippen LogP contribution in [0.3, 0.4) is 0 Å². The van der Waals surface area contributed by atoms with Crippen LogP contribution in [-0.2, 0) is 4.79 Å². The number of rotatable bonds is 4. The Morgan fingerprint density at radius 2 is 2.14 bits per heavy atom. The highest BCUT2D eigenvalue weighted by molar-refractivity contribution is 5.73. The largest absolute Gasteiger partial charge is 0.481 e. The van der Waals surface area contributed by atoms with Crippen LogP contribution in [0.1, 0.15) is 40.0 Å².